The van der Waals surface area contributed by atoms with Crippen LogP contribution in [0.1, 0.15) is 29.1 Å². The summed E-state index contributed by atoms with van der Waals surface area (Å²) in [6, 6.07) is 5.00. The molecule has 21 heavy (non-hydrogen) atoms. The zero-order chi connectivity index (χ0) is 14.8. The Kier molecular flexibility index (Phi) is 4.17. The highest BCUT2D eigenvalue weighted by Gasteiger charge is 2.19. The average molecular weight is 306 g/mol. The number of aromatic nitrogens is 2. The smallest absolute Gasteiger partial charge is 0.145 e. The van der Waals surface area contributed by atoms with E-state index in [0.717, 1.165) is 25.0 Å². The summed E-state index contributed by atoms with van der Waals surface area (Å²) in [5, 5.41) is 0.135. The molecule has 0 saturated carbocycles. The van der Waals surface area contributed by atoms with Crippen molar-refractivity contribution in [2.24, 2.45) is 11.7 Å². The van der Waals surface area contributed by atoms with Gasteiger partial charge < -0.3 is 5.73 Å². The lowest BCUT2D eigenvalue weighted by Gasteiger charge is -2.22. The molecule has 3 nitrogen and oxygen atoms in total. The molecule has 2 N–H and O–H groups in total. The van der Waals surface area contributed by atoms with Crippen LogP contribution in [0.25, 0.3) is 0 Å². The summed E-state index contributed by atoms with van der Waals surface area (Å²) in [5.74, 6) is 0.780. The quantitative estimate of drug-likeness (QED) is 0.948. The van der Waals surface area contributed by atoms with Crippen LogP contribution >= 0.6 is 11.6 Å². The molecule has 0 saturated heterocycles. The summed E-state index contributed by atoms with van der Waals surface area (Å²) < 4.78 is 13.9. The van der Waals surface area contributed by atoms with Gasteiger partial charge in [0, 0.05) is 18.3 Å². The van der Waals surface area contributed by atoms with Gasteiger partial charge in [0.25, 0.3) is 0 Å². The molecule has 0 amide bonds. The lowest BCUT2D eigenvalue weighted by Crippen LogP contribution is -2.23. The molecule has 1 aliphatic rings. The minimum absolute atomic E-state index is 0.135. The van der Waals surface area contributed by atoms with E-state index < -0.39 is 0 Å². The number of fused-ring (bicyclic) bond motifs is 1. The van der Waals surface area contributed by atoms with Gasteiger partial charge in [0.1, 0.15) is 11.6 Å². The van der Waals surface area contributed by atoms with E-state index in [1.165, 1.54) is 5.56 Å². The normalized spacial score (nSPS) is 17.6. The zero-order valence-corrected chi connectivity index (χ0v) is 12.4. The SMILES string of the molecule is NCC1CCc2nc(Cc3cccc(Cl)c3F)ncc2C1. The molecule has 3 rings (SSSR count). The van der Waals surface area contributed by atoms with Crippen molar-refractivity contribution in [2.45, 2.75) is 25.7 Å². The second kappa shape index (κ2) is 6.08. The molecular weight excluding hydrogens is 289 g/mol. The van der Waals surface area contributed by atoms with E-state index >= 15 is 0 Å². The van der Waals surface area contributed by atoms with Crippen LogP contribution in [-0.2, 0) is 19.3 Å². The van der Waals surface area contributed by atoms with Gasteiger partial charge in [0.05, 0.1) is 5.02 Å². The molecule has 0 radical (unpaired) electrons. The van der Waals surface area contributed by atoms with E-state index in [-0.39, 0.29) is 10.8 Å². The van der Waals surface area contributed by atoms with Crippen LogP contribution in [0, 0.1) is 11.7 Å². The fourth-order valence-corrected chi connectivity index (χ4v) is 2.96. The Balaban J connectivity index is 1.83. The molecule has 110 valence electrons. The molecule has 1 aliphatic carbocycles. The lowest BCUT2D eigenvalue weighted by molar-refractivity contribution is 0.460. The molecule has 1 atom stereocenters. The van der Waals surface area contributed by atoms with Crippen LogP contribution in [0.3, 0.4) is 0 Å². The second-order valence-corrected chi connectivity index (χ2v) is 5.90. The fraction of sp³-hybridized carbons (Fsp3) is 0.375. The van der Waals surface area contributed by atoms with Gasteiger partial charge in [-0.3, -0.25) is 0 Å². The Morgan fingerprint density at radius 2 is 2.24 bits per heavy atom. The van der Waals surface area contributed by atoms with E-state index in [9.17, 15) is 4.39 Å². The first-order chi connectivity index (χ1) is 10.2. The number of aryl methyl sites for hydroxylation is 1. The van der Waals surface area contributed by atoms with Gasteiger partial charge >= 0.3 is 0 Å². The van der Waals surface area contributed by atoms with Crippen LogP contribution in [0.2, 0.25) is 5.02 Å². The molecule has 0 fully saturated rings. The molecule has 1 aromatic heterocycles. The number of hydrogen-bond donors (Lipinski definition) is 1. The Hall–Kier alpha value is -1.52. The third-order valence-electron chi connectivity index (χ3n) is 4.02. The van der Waals surface area contributed by atoms with Crippen LogP contribution in [0.4, 0.5) is 4.39 Å². The predicted molar refractivity (Wildman–Crippen MR) is 80.8 cm³/mol. The van der Waals surface area contributed by atoms with Crippen LogP contribution < -0.4 is 5.73 Å². The highest BCUT2D eigenvalue weighted by molar-refractivity contribution is 6.30. The maximum Gasteiger partial charge on any atom is 0.145 e. The van der Waals surface area contributed by atoms with E-state index in [4.69, 9.17) is 17.3 Å². The minimum Gasteiger partial charge on any atom is -0.330 e. The summed E-state index contributed by atoms with van der Waals surface area (Å²) in [7, 11) is 0. The number of halogens is 2. The first kappa shape index (κ1) is 14.4. The molecule has 0 spiro atoms. The highest BCUT2D eigenvalue weighted by atomic mass is 35.5. The van der Waals surface area contributed by atoms with E-state index in [1.807, 2.05) is 6.20 Å². The third kappa shape index (κ3) is 3.06. The Bertz CT molecular complexity index is 660. The van der Waals surface area contributed by atoms with Crippen molar-refractivity contribution < 1.29 is 4.39 Å². The molecule has 0 aliphatic heterocycles. The number of rotatable bonds is 3. The van der Waals surface area contributed by atoms with Gasteiger partial charge in [-0.2, -0.15) is 0 Å². The topological polar surface area (TPSA) is 51.8 Å². The van der Waals surface area contributed by atoms with Crippen LogP contribution in [0.5, 0.6) is 0 Å². The van der Waals surface area contributed by atoms with Crippen molar-refractivity contribution in [3.8, 4) is 0 Å². The number of nitrogens with two attached hydrogens (primary N) is 1. The Morgan fingerprint density at radius 3 is 3.05 bits per heavy atom. The predicted octanol–water partition coefficient (Wildman–Crippen LogP) is 2.92. The van der Waals surface area contributed by atoms with Gasteiger partial charge in [0.15, 0.2) is 0 Å². The number of hydrogen-bond acceptors (Lipinski definition) is 3. The fourth-order valence-electron chi connectivity index (χ4n) is 2.77. The van der Waals surface area contributed by atoms with Gasteiger partial charge in [-0.25, -0.2) is 14.4 Å². The molecule has 1 unspecified atom stereocenters. The van der Waals surface area contributed by atoms with Crippen molar-refractivity contribution in [3.05, 3.63) is 57.9 Å². The van der Waals surface area contributed by atoms with E-state index in [1.54, 1.807) is 18.2 Å². The Labute approximate surface area is 128 Å². The first-order valence-electron chi connectivity index (χ1n) is 7.14. The molecule has 2 aromatic rings. The van der Waals surface area contributed by atoms with Gasteiger partial charge in [0.2, 0.25) is 0 Å². The molecule has 0 bridgehead atoms. The van der Waals surface area contributed by atoms with Crippen molar-refractivity contribution in [1.82, 2.24) is 9.97 Å². The van der Waals surface area contributed by atoms with E-state index in [0.29, 0.717) is 30.3 Å². The summed E-state index contributed by atoms with van der Waals surface area (Å²) in [4.78, 5) is 8.95. The second-order valence-electron chi connectivity index (χ2n) is 5.49. The minimum atomic E-state index is -0.385. The third-order valence-corrected chi connectivity index (χ3v) is 4.31. The largest absolute Gasteiger partial charge is 0.330 e. The van der Waals surface area contributed by atoms with Gasteiger partial charge in [-0.1, -0.05) is 23.7 Å². The lowest BCUT2D eigenvalue weighted by atomic mass is 9.87. The van der Waals surface area contributed by atoms with E-state index in [2.05, 4.69) is 9.97 Å². The van der Waals surface area contributed by atoms with Crippen LogP contribution in [-0.4, -0.2) is 16.5 Å². The maximum absolute atomic E-state index is 13.9. The van der Waals surface area contributed by atoms with Gasteiger partial charge in [-0.05, 0) is 48.9 Å². The van der Waals surface area contributed by atoms with Gasteiger partial charge in [-0.15, -0.1) is 0 Å². The summed E-state index contributed by atoms with van der Waals surface area (Å²) in [6.45, 7) is 0.703. The molecule has 1 aromatic carbocycles. The van der Waals surface area contributed by atoms with Crippen molar-refractivity contribution >= 4 is 11.6 Å². The number of nitrogens with zero attached hydrogens (tertiary/aromatic N) is 2. The molecule has 1 heterocycles. The Morgan fingerprint density at radius 1 is 1.38 bits per heavy atom. The molecular formula is C16H17ClFN3. The first-order valence-corrected chi connectivity index (χ1v) is 7.51. The van der Waals surface area contributed by atoms with Crippen molar-refractivity contribution in [3.63, 3.8) is 0 Å². The molecule has 5 heteroatoms. The zero-order valence-electron chi connectivity index (χ0n) is 11.6. The monoisotopic (exact) mass is 305 g/mol. The standard InChI is InChI=1S/C16H17ClFN3/c17-13-3-1-2-11(16(13)18)7-15-20-9-12-6-10(8-19)4-5-14(12)21-15/h1-3,9-10H,4-8,19H2. The van der Waals surface area contributed by atoms with Crippen LogP contribution in [0.15, 0.2) is 24.4 Å². The maximum atomic E-state index is 13.9. The summed E-state index contributed by atoms with van der Waals surface area (Å²) in [6.07, 6.45) is 5.15. The summed E-state index contributed by atoms with van der Waals surface area (Å²) in [5.41, 5.74) is 8.50. The van der Waals surface area contributed by atoms with Crippen molar-refractivity contribution in [1.29, 1.82) is 0 Å². The summed E-state index contributed by atoms with van der Waals surface area (Å²) >= 11 is 5.80. The average Bonchev–Trinajstić information content (AvgIpc) is 2.51. The number of benzene rings is 1. The highest BCUT2D eigenvalue weighted by Crippen LogP contribution is 2.24. The van der Waals surface area contributed by atoms with Crippen molar-refractivity contribution in [2.75, 3.05) is 6.54 Å².